The SMILES string of the molecule is Cc1cccc(Cl)c1.O=C(O)CF. The number of carbonyl (C=O) groups is 1. The van der Waals surface area contributed by atoms with Crippen molar-refractivity contribution >= 4 is 17.6 Å². The summed E-state index contributed by atoms with van der Waals surface area (Å²) >= 11 is 5.64. The van der Waals surface area contributed by atoms with Crippen LogP contribution in [0.5, 0.6) is 0 Å². The number of hydrogen-bond acceptors (Lipinski definition) is 1. The van der Waals surface area contributed by atoms with Crippen molar-refractivity contribution in [3.05, 3.63) is 34.9 Å². The van der Waals surface area contributed by atoms with Gasteiger partial charge in [-0.1, -0.05) is 23.7 Å². The summed E-state index contributed by atoms with van der Waals surface area (Å²) in [4.78, 5) is 8.99. The molecule has 0 radical (unpaired) electrons. The lowest BCUT2D eigenvalue weighted by atomic mass is 10.2. The van der Waals surface area contributed by atoms with E-state index in [0.717, 1.165) is 5.02 Å². The number of benzene rings is 1. The fraction of sp³-hybridized carbons (Fsp3) is 0.222. The first kappa shape index (κ1) is 11.9. The first-order chi connectivity index (χ1) is 6.06. The van der Waals surface area contributed by atoms with Gasteiger partial charge in [0.2, 0.25) is 0 Å². The van der Waals surface area contributed by atoms with E-state index >= 15 is 0 Å². The Morgan fingerprint density at radius 1 is 1.62 bits per heavy atom. The van der Waals surface area contributed by atoms with Crippen molar-refractivity contribution in [3.8, 4) is 0 Å². The minimum absolute atomic E-state index is 0.810. The van der Waals surface area contributed by atoms with Gasteiger partial charge in [-0.2, -0.15) is 0 Å². The highest BCUT2D eigenvalue weighted by Crippen LogP contribution is 2.08. The molecule has 0 aliphatic rings. The van der Waals surface area contributed by atoms with E-state index in [4.69, 9.17) is 21.5 Å². The number of rotatable bonds is 1. The molecule has 2 nitrogen and oxygen atoms in total. The third kappa shape index (κ3) is 7.28. The summed E-state index contributed by atoms with van der Waals surface area (Å²) in [7, 11) is 0. The minimum atomic E-state index is -1.41. The Kier molecular flexibility index (Phi) is 5.89. The number of carboxylic acids is 1. The lowest BCUT2D eigenvalue weighted by Gasteiger charge is -1.88. The van der Waals surface area contributed by atoms with Crippen LogP contribution in [0.4, 0.5) is 4.39 Å². The van der Waals surface area contributed by atoms with Gasteiger partial charge in [0.05, 0.1) is 0 Å². The summed E-state index contributed by atoms with van der Waals surface area (Å²) in [6, 6.07) is 7.76. The molecule has 1 N–H and O–H groups in total. The van der Waals surface area contributed by atoms with Crippen molar-refractivity contribution in [1.82, 2.24) is 0 Å². The maximum atomic E-state index is 10.5. The van der Waals surface area contributed by atoms with Crippen LogP contribution in [0.15, 0.2) is 24.3 Å². The molecule has 0 aromatic heterocycles. The Labute approximate surface area is 81.0 Å². The zero-order valence-corrected chi connectivity index (χ0v) is 7.88. The van der Waals surface area contributed by atoms with E-state index in [9.17, 15) is 4.39 Å². The molecule has 4 heteroatoms. The van der Waals surface area contributed by atoms with Gasteiger partial charge in [-0.05, 0) is 24.6 Å². The van der Waals surface area contributed by atoms with E-state index < -0.39 is 12.6 Å². The Morgan fingerprint density at radius 2 is 2.15 bits per heavy atom. The lowest BCUT2D eigenvalue weighted by Crippen LogP contribution is -1.93. The third-order valence-electron chi connectivity index (χ3n) is 1.09. The quantitative estimate of drug-likeness (QED) is 0.764. The van der Waals surface area contributed by atoms with Gasteiger partial charge in [0.25, 0.3) is 0 Å². The predicted molar refractivity (Wildman–Crippen MR) is 49.8 cm³/mol. The molecule has 1 aromatic carbocycles. The summed E-state index contributed by atoms with van der Waals surface area (Å²) in [6.45, 7) is 0.742. The van der Waals surface area contributed by atoms with Crippen molar-refractivity contribution in [2.24, 2.45) is 0 Å². The van der Waals surface area contributed by atoms with Gasteiger partial charge in [0.15, 0.2) is 6.67 Å². The largest absolute Gasteiger partial charge is 0.479 e. The summed E-state index contributed by atoms with van der Waals surface area (Å²) in [5, 5.41) is 8.16. The molecule has 0 aliphatic carbocycles. The van der Waals surface area contributed by atoms with E-state index in [1.165, 1.54) is 5.56 Å². The second kappa shape index (κ2) is 6.43. The predicted octanol–water partition coefficient (Wildman–Crippen LogP) is 2.69. The van der Waals surface area contributed by atoms with Gasteiger partial charge in [0, 0.05) is 5.02 Å². The monoisotopic (exact) mass is 204 g/mol. The first-order valence-corrected chi connectivity index (χ1v) is 3.94. The van der Waals surface area contributed by atoms with Gasteiger partial charge in [-0.15, -0.1) is 0 Å². The summed E-state index contributed by atoms with van der Waals surface area (Å²) < 4.78 is 10.5. The maximum Gasteiger partial charge on any atom is 0.335 e. The number of alkyl halides is 1. The summed E-state index contributed by atoms with van der Waals surface area (Å²) in [6.07, 6.45) is 0. The van der Waals surface area contributed by atoms with Crippen LogP contribution in [0.3, 0.4) is 0 Å². The molecule has 0 bridgehead atoms. The molecule has 0 saturated heterocycles. The standard InChI is InChI=1S/C7H7Cl.C2H3FO2/c1-6-3-2-4-7(8)5-6;3-1-2(4)5/h2-5H,1H3;1H2,(H,4,5). The fourth-order valence-electron chi connectivity index (χ4n) is 0.606. The Hall–Kier alpha value is -1.09. The van der Waals surface area contributed by atoms with Gasteiger partial charge in [0.1, 0.15) is 0 Å². The average Bonchev–Trinajstić information content (AvgIpc) is 2.05. The molecule has 72 valence electrons. The van der Waals surface area contributed by atoms with E-state index in [1.807, 2.05) is 31.2 Å². The second-order valence-corrected chi connectivity index (χ2v) is 2.76. The highest BCUT2D eigenvalue weighted by atomic mass is 35.5. The number of halogens is 2. The van der Waals surface area contributed by atoms with Crippen LogP contribution in [-0.4, -0.2) is 17.8 Å². The molecule has 1 rings (SSSR count). The van der Waals surface area contributed by atoms with Crippen LogP contribution in [0.25, 0.3) is 0 Å². The zero-order valence-electron chi connectivity index (χ0n) is 7.13. The molecule has 0 heterocycles. The molecule has 0 atom stereocenters. The average molecular weight is 205 g/mol. The Balaban J connectivity index is 0.000000252. The molecule has 1 aromatic rings. The lowest BCUT2D eigenvalue weighted by molar-refractivity contribution is -0.137. The molecule has 0 amide bonds. The van der Waals surface area contributed by atoms with Gasteiger partial charge >= 0.3 is 5.97 Å². The van der Waals surface area contributed by atoms with Crippen LogP contribution in [0, 0.1) is 6.92 Å². The van der Waals surface area contributed by atoms with Crippen LogP contribution in [0.2, 0.25) is 5.02 Å². The normalized spacial score (nSPS) is 8.54. The molecular weight excluding hydrogens is 195 g/mol. The van der Waals surface area contributed by atoms with Crippen LogP contribution < -0.4 is 0 Å². The maximum absolute atomic E-state index is 10.5. The van der Waals surface area contributed by atoms with Crippen LogP contribution >= 0.6 is 11.6 Å². The molecule has 0 fully saturated rings. The molecule has 0 aliphatic heterocycles. The van der Waals surface area contributed by atoms with E-state index in [1.54, 1.807) is 0 Å². The molecule has 0 saturated carbocycles. The number of hydrogen-bond donors (Lipinski definition) is 1. The highest BCUT2D eigenvalue weighted by molar-refractivity contribution is 6.30. The summed E-state index contributed by atoms with van der Waals surface area (Å²) in [5.41, 5.74) is 1.21. The van der Waals surface area contributed by atoms with Crippen LogP contribution in [-0.2, 0) is 4.79 Å². The van der Waals surface area contributed by atoms with Crippen molar-refractivity contribution in [2.75, 3.05) is 6.67 Å². The first-order valence-electron chi connectivity index (χ1n) is 3.56. The topological polar surface area (TPSA) is 37.3 Å². The van der Waals surface area contributed by atoms with Crippen molar-refractivity contribution in [2.45, 2.75) is 6.92 Å². The van der Waals surface area contributed by atoms with Crippen molar-refractivity contribution in [3.63, 3.8) is 0 Å². The van der Waals surface area contributed by atoms with E-state index in [2.05, 4.69) is 0 Å². The summed E-state index contributed by atoms with van der Waals surface area (Å²) in [5.74, 6) is -1.41. The van der Waals surface area contributed by atoms with Gasteiger partial charge < -0.3 is 5.11 Å². The molecule has 0 unspecified atom stereocenters. The Morgan fingerprint density at radius 3 is 2.38 bits per heavy atom. The van der Waals surface area contributed by atoms with Crippen molar-refractivity contribution < 1.29 is 14.3 Å². The minimum Gasteiger partial charge on any atom is -0.479 e. The van der Waals surface area contributed by atoms with Gasteiger partial charge in [-0.25, -0.2) is 9.18 Å². The number of carboxylic acid groups (broad SMARTS) is 1. The third-order valence-corrected chi connectivity index (χ3v) is 1.33. The zero-order chi connectivity index (χ0) is 10.3. The second-order valence-electron chi connectivity index (χ2n) is 2.33. The smallest absolute Gasteiger partial charge is 0.335 e. The highest BCUT2D eigenvalue weighted by Gasteiger charge is 1.85. The van der Waals surface area contributed by atoms with E-state index in [0.29, 0.717) is 0 Å². The fourth-order valence-corrected chi connectivity index (χ4v) is 0.850. The van der Waals surface area contributed by atoms with Crippen LogP contribution in [0.1, 0.15) is 5.56 Å². The van der Waals surface area contributed by atoms with Crippen molar-refractivity contribution in [1.29, 1.82) is 0 Å². The number of aryl methyl sites for hydroxylation is 1. The number of aliphatic carboxylic acids is 1. The molecule has 13 heavy (non-hydrogen) atoms. The van der Waals surface area contributed by atoms with E-state index in [-0.39, 0.29) is 0 Å². The molecule has 0 spiro atoms. The van der Waals surface area contributed by atoms with Gasteiger partial charge in [-0.3, -0.25) is 0 Å². The molecular formula is C9H10ClFO2. The Bertz CT molecular complexity index is 259.